The van der Waals surface area contributed by atoms with E-state index in [4.69, 9.17) is 9.47 Å². The molecule has 1 saturated carbocycles. The van der Waals surface area contributed by atoms with Crippen LogP contribution in [0.3, 0.4) is 0 Å². The number of hydrogen-bond acceptors (Lipinski definition) is 2. The van der Waals surface area contributed by atoms with Crippen molar-refractivity contribution in [2.24, 2.45) is 5.41 Å². The molecule has 2 heteroatoms. The van der Waals surface area contributed by atoms with Gasteiger partial charge >= 0.3 is 0 Å². The van der Waals surface area contributed by atoms with Crippen LogP contribution >= 0.6 is 0 Å². The van der Waals surface area contributed by atoms with Crippen molar-refractivity contribution in [2.75, 3.05) is 13.2 Å². The summed E-state index contributed by atoms with van der Waals surface area (Å²) in [4.78, 5) is 0. The Morgan fingerprint density at radius 3 is 2.22 bits per heavy atom. The first kappa shape index (κ1) is 11.9. The van der Waals surface area contributed by atoms with Crippen molar-refractivity contribution in [1.82, 2.24) is 0 Å². The fourth-order valence-corrected chi connectivity index (χ4v) is 2.68. The largest absolute Gasteiger partial charge is 0.489 e. The smallest absolute Gasteiger partial charge is 0.161 e. The summed E-state index contributed by atoms with van der Waals surface area (Å²) in [6.07, 6.45) is 3.80. The first-order chi connectivity index (χ1) is 8.49. The lowest BCUT2D eigenvalue weighted by atomic mass is 9.70. The highest BCUT2D eigenvalue weighted by Crippen LogP contribution is 2.45. The summed E-state index contributed by atoms with van der Waals surface area (Å²) in [7, 11) is 0. The van der Waals surface area contributed by atoms with Gasteiger partial charge < -0.3 is 9.47 Å². The zero-order chi connectivity index (χ0) is 12.8. The minimum Gasteiger partial charge on any atom is -0.489 e. The third-order valence-corrected chi connectivity index (χ3v) is 4.29. The van der Waals surface area contributed by atoms with Gasteiger partial charge in [-0.1, -0.05) is 33.3 Å². The first-order valence-electron chi connectivity index (χ1n) is 6.89. The van der Waals surface area contributed by atoms with Crippen LogP contribution in [-0.2, 0) is 5.41 Å². The van der Waals surface area contributed by atoms with E-state index >= 15 is 0 Å². The molecule has 0 atom stereocenters. The second-order valence-electron chi connectivity index (χ2n) is 6.84. The molecule has 0 amide bonds. The molecule has 3 rings (SSSR count). The van der Waals surface area contributed by atoms with Crippen LogP contribution in [0, 0.1) is 5.41 Å². The quantitative estimate of drug-likeness (QED) is 0.690. The van der Waals surface area contributed by atoms with E-state index in [1.165, 1.54) is 24.8 Å². The Labute approximate surface area is 109 Å². The van der Waals surface area contributed by atoms with E-state index < -0.39 is 0 Å². The molecular formula is C16H22O2. The van der Waals surface area contributed by atoms with E-state index in [1.54, 1.807) is 0 Å². The second-order valence-corrected chi connectivity index (χ2v) is 6.84. The van der Waals surface area contributed by atoms with E-state index in [0.29, 0.717) is 5.41 Å². The van der Waals surface area contributed by atoms with Gasteiger partial charge in [-0.2, -0.15) is 0 Å². The fourth-order valence-electron chi connectivity index (χ4n) is 2.68. The van der Waals surface area contributed by atoms with Gasteiger partial charge in [0.1, 0.15) is 0 Å². The topological polar surface area (TPSA) is 18.5 Å². The molecule has 0 N–H and O–H groups in total. The molecule has 1 heterocycles. The number of fused-ring (bicyclic) bond motifs is 1. The zero-order valence-electron chi connectivity index (χ0n) is 11.6. The average Bonchev–Trinajstić information content (AvgIpc) is 2.45. The van der Waals surface area contributed by atoms with Crippen molar-refractivity contribution in [1.29, 1.82) is 0 Å². The van der Waals surface area contributed by atoms with Gasteiger partial charge in [0.25, 0.3) is 0 Å². The van der Waals surface area contributed by atoms with Crippen molar-refractivity contribution in [3.05, 3.63) is 23.8 Å². The summed E-state index contributed by atoms with van der Waals surface area (Å²) in [6, 6.07) is 6.36. The van der Waals surface area contributed by atoms with E-state index in [9.17, 15) is 0 Å². The van der Waals surface area contributed by atoms with Crippen molar-refractivity contribution >= 4 is 0 Å². The molecule has 18 heavy (non-hydrogen) atoms. The van der Waals surface area contributed by atoms with Crippen LogP contribution in [0.4, 0.5) is 0 Å². The van der Waals surface area contributed by atoms with E-state index in [0.717, 1.165) is 24.7 Å². The predicted molar refractivity (Wildman–Crippen MR) is 72.4 cm³/mol. The van der Waals surface area contributed by atoms with Gasteiger partial charge in [0.15, 0.2) is 11.5 Å². The molecule has 1 spiro atoms. The van der Waals surface area contributed by atoms with Crippen molar-refractivity contribution in [3.8, 4) is 11.5 Å². The fraction of sp³-hybridized carbons (Fsp3) is 0.625. The van der Waals surface area contributed by atoms with Crippen LogP contribution in [0.2, 0.25) is 0 Å². The van der Waals surface area contributed by atoms with Gasteiger partial charge in [0.2, 0.25) is 0 Å². The van der Waals surface area contributed by atoms with E-state index in [1.807, 2.05) is 0 Å². The summed E-state index contributed by atoms with van der Waals surface area (Å²) in [5.74, 6) is 1.83. The first-order valence-corrected chi connectivity index (χ1v) is 6.89. The van der Waals surface area contributed by atoms with Crippen LogP contribution in [0.15, 0.2) is 18.2 Å². The van der Waals surface area contributed by atoms with Crippen LogP contribution < -0.4 is 9.47 Å². The minimum atomic E-state index is 0.152. The molecule has 2 nitrogen and oxygen atoms in total. The lowest BCUT2D eigenvalue weighted by Crippen LogP contribution is -2.39. The third-order valence-electron chi connectivity index (χ3n) is 4.29. The summed E-state index contributed by atoms with van der Waals surface area (Å²) in [6.45, 7) is 8.29. The minimum absolute atomic E-state index is 0.152. The Bertz CT molecular complexity index is 453. The van der Waals surface area contributed by atoms with E-state index in [-0.39, 0.29) is 5.41 Å². The molecule has 0 radical (unpaired) electrons. The van der Waals surface area contributed by atoms with Crippen LogP contribution in [0.25, 0.3) is 0 Å². The number of ether oxygens (including phenoxy) is 2. The van der Waals surface area contributed by atoms with Gasteiger partial charge in [-0.25, -0.2) is 0 Å². The van der Waals surface area contributed by atoms with Crippen LogP contribution in [0.1, 0.15) is 45.6 Å². The predicted octanol–water partition coefficient (Wildman–Crippen LogP) is 3.93. The Hall–Kier alpha value is -1.18. The highest BCUT2D eigenvalue weighted by atomic mass is 16.5. The second kappa shape index (κ2) is 3.91. The normalized spacial score (nSPS) is 21.3. The Balaban J connectivity index is 1.87. The molecule has 0 saturated heterocycles. The zero-order valence-corrected chi connectivity index (χ0v) is 11.6. The number of benzene rings is 1. The van der Waals surface area contributed by atoms with Gasteiger partial charge in [-0.05, 0) is 36.0 Å². The molecule has 1 aromatic carbocycles. The van der Waals surface area contributed by atoms with Crippen molar-refractivity contribution in [3.63, 3.8) is 0 Å². The van der Waals surface area contributed by atoms with Gasteiger partial charge in [0.05, 0.1) is 13.2 Å². The van der Waals surface area contributed by atoms with Crippen molar-refractivity contribution < 1.29 is 9.47 Å². The standard InChI is InChI=1S/C16H22O2/c1-15(2,3)12-5-6-13-14(9-12)18-11-16(10-17-13)7-4-8-16/h5-6,9H,4,7-8,10-11H2,1-3H3. The lowest BCUT2D eigenvalue weighted by molar-refractivity contribution is 0.0268. The van der Waals surface area contributed by atoms with Gasteiger partial charge in [0, 0.05) is 5.41 Å². The number of hydrogen-bond donors (Lipinski definition) is 0. The summed E-state index contributed by atoms with van der Waals surface area (Å²) in [5.41, 5.74) is 1.74. The monoisotopic (exact) mass is 246 g/mol. The molecule has 1 aliphatic heterocycles. The molecule has 0 aromatic heterocycles. The van der Waals surface area contributed by atoms with Crippen molar-refractivity contribution in [2.45, 2.75) is 45.4 Å². The average molecular weight is 246 g/mol. The summed E-state index contributed by atoms with van der Waals surface area (Å²) in [5, 5.41) is 0. The molecule has 1 aliphatic carbocycles. The summed E-state index contributed by atoms with van der Waals surface area (Å²) >= 11 is 0. The van der Waals surface area contributed by atoms with Gasteiger partial charge in [-0.3, -0.25) is 0 Å². The van der Waals surface area contributed by atoms with Crippen LogP contribution in [-0.4, -0.2) is 13.2 Å². The Kier molecular flexibility index (Phi) is 2.58. The molecule has 0 bridgehead atoms. The Morgan fingerprint density at radius 1 is 1.00 bits per heavy atom. The van der Waals surface area contributed by atoms with Gasteiger partial charge in [-0.15, -0.1) is 0 Å². The molecule has 0 unspecified atom stereocenters. The maximum absolute atomic E-state index is 6.02. The van der Waals surface area contributed by atoms with Crippen LogP contribution in [0.5, 0.6) is 11.5 Å². The molecule has 1 fully saturated rings. The van der Waals surface area contributed by atoms with E-state index in [2.05, 4.69) is 39.0 Å². The maximum Gasteiger partial charge on any atom is 0.161 e. The highest BCUT2D eigenvalue weighted by Gasteiger charge is 2.40. The molecule has 98 valence electrons. The molecule has 2 aliphatic rings. The SMILES string of the molecule is CC(C)(C)c1ccc2c(c1)OCC1(CCC1)CO2. The molecular weight excluding hydrogens is 224 g/mol. The maximum atomic E-state index is 6.02. The third kappa shape index (κ3) is 1.98. The lowest BCUT2D eigenvalue weighted by Gasteiger charge is -2.39. The molecule has 1 aromatic rings. The highest BCUT2D eigenvalue weighted by molar-refractivity contribution is 5.45. The Morgan fingerprint density at radius 2 is 1.67 bits per heavy atom. The number of rotatable bonds is 0. The summed E-state index contributed by atoms with van der Waals surface area (Å²) < 4.78 is 12.0.